The third-order valence-electron chi connectivity index (χ3n) is 4.75. The maximum atomic E-state index is 9.77. The number of hydrogen-bond donors (Lipinski definition) is 0. The molecule has 3 rings (SSSR count). The summed E-state index contributed by atoms with van der Waals surface area (Å²) in [5.74, 6) is 2.06. The fourth-order valence-electron chi connectivity index (χ4n) is 3.16. The summed E-state index contributed by atoms with van der Waals surface area (Å²) in [6, 6.07) is 18.4. The van der Waals surface area contributed by atoms with Crippen LogP contribution in [0.3, 0.4) is 0 Å². The van der Waals surface area contributed by atoms with Crippen LogP contribution < -0.4 is 18.9 Å². The lowest BCUT2D eigenvalue weighted by Gasteiger charge is -2.15. The topological polar surface area (TPSA) is 60.7 Å². The summed E-state index contributed by atoms with van der Waals surface area (Å²) >= 11 is 12.5. The van der Waals surface area contributed by atoms with Crippen molar-refractivity contribution in [3.63, 3.8) is 0 Å². The first kappa shape index (κ1) is 24.3. The van der Waals surface area contributed by atoms with Crippen molar-refractivity contribution >= 4 is 34.9 Å². The van der Waals surface area contributed by atoms with E-state index in [-0.39, 0.29) is 0 Å². The minimum atomic E-state index is 0.307. The number of halogens is 2. The van der Waals surface area contributed by atoms with Gasteiger partial charge >= 0.3 is 0 Å². The molecule has 0 bridgehead atoms. The van der Waals surface area contributed by atoms with Crippen LogP contribution in [0.15, 0.2) is 54.6 Å². The van der Waals surface area contributed by atoms with Gasteiger partial charge in [0.1, 0.15) is 6.61 Å². The Morgan fingerprint density at radius 2 is 1.64 bits per heavy atom. The molecule has 0 aliphatic carbocycles. The quantitative estimate of drug-likeness (QED) is 0.241. The predicted octanol–water partition coefficient (Wildman–Crippen LogP) is 7.05. The number of rotatable bonds is 9. The van der Waals surface area contributed by atoms with Gasteiger partial charge in [0.2, 0.25) is 0 Å². The molecule has 3 aromatic carbocycles. The van der Waals surface area contributed by atoms with Crippen molar-refractivity contribution in [2.45, 2.75) is 13.5 Å². The van der Waals surface area contributed by atoms with Crippen LogP contribution in [0.25, 0.3) is 11.6 Å². The zero-order valence-corrected chi connectivity index (χ0v) is 20.0. The maximum absolute atomic E-state index is 9.77. The highest BCUT2D eigenvalue weighted by molar-refractivity contribution is 6.32. The summed E-state index contributed by atoms with van der Waals surface area (Å²) in [4.78, 5) is 0. The molecule has 0 aromatic heterocycles. The SMILES string of the molecule is CCOc1cc(/C=C(\C#N)c2ccc(OC)c(OC)c2)cc(Cl)c1OCc1ccc(Cl)cc1. The Balaban J connectivity index is 1.93. The van der Waals surface area contributed by atoms with Crippen LogP contribution in [0.2, 0.25) is 10.0 Å². The van der Waals surface area contributed by atoms with Crippen molar-refractivity contribution in [2.24, 2.45) is 0 Å². The molecule has 0 amide bonds. The van der Waals surface area contributed by atoms with E-state index in [0.717, 1.165) is 5.56 Å². The van der Waals surface area contributed by atoms with Crippen LogP contribution in [0, 0.1) is 11.3 Å². The molecule has 0 heterocycles. The molecule has 0 saturated carbocycles. The molecular weight excluding hydrogens is 461 g/mol. The molecule has 0 unspecified atom stereocenters. The third kappa shape index (κ3) is 6.13. The number of ether oxygens (including phenoxy) is 4. The predicted molar refractivity (Wildman–Crippen MR) is 131 cm³/mol. The summed E-state index contributed by atoms with van der Waals surface area (Å²) in [7, 11) is 3.11. The van der Waals surface area contributed by atoms with Crippen LogP contribution >= 0.6 is 23.2 Å². The Bertz CT molecular complexity index is 1180. The van der Waals surface area contributed by atoms with Gasteiger partial charge in [-0.1, -0.05) is 35.3 Å². The molecule has 0 aliphatic heterocycles. The molecule has 0 spiro atoms. The molecule has 0 radical (unpaired) electrons. The van der Waals surface area contributed by atoms with Crippen molar-refractivity contribution in [2.75, 3.05) is 20.8 Å². The molecule has 5 nitrogen and oxygen atoms in total. The Morgan fingerprint density at radius 3 is 2.27 bits per heavy atom. The van der Waals surface area contributed by atoms with E-state index in [1.165, 1.54) is 0 Å². The highest BCUT2D eigenvalue weighted by Gasteiger charge is 2.14. The standard InChI is InChI=1S/C26H23Cl2NO4/c1-4-32-25-13-18(11-20(15-29)19-7-10-23(30-2)24(14-19)31-3)12-22(28)26(25)33-16-17-5-8-21(27)9-6-17/h5-14H,4,16H2,1-3H3/b20-11+. The number of nitrogens with zero attached hydrogens (tertiary/aromatic N) is 1. The second-order valence-electron chi connectivity index (χ2n) is 6.92. The Hall–Kier alpha value is -3.33. The van der Waals surface area contributed by atoms with E-state index in [4.69, 9.17) is 42.1 Å². The Labute approximate surface area is 203 Å². The van der Waals surface area contributed by atoms with Crippen molar-refractivity contribution in [1.29, 1.82) is 5.26 Å². The van der Waals surface area contributed by atoms with Gasteiger partial charge in [-0.25, -0.2) is 0 Å². The van der Waals surface area contributed by atoms with Crippen LogP contribution in [0.5, 0.6) is 23.0 Å². The summed E-state index contributed by atoms with van der Waals surface area (Å²) in [6.07, 6.45) is 1.73. The molecule has 3 aromatic rings. The maximum Gasteiger partial charge on any atom is 0.180 e. The lowest BCUT2D eigenvalue weighted by molar-refractivity contribution is 0.269. The molecule has 0 N–H and O–H groups in total. The van der Waals surface area contributed by atoms with Crippen molar-refractivity contribution < 1.29 is 18.9 Å². The Morgan fingerprint density at radius 1 is 0.909 bits per heavy atom. The largest absolute Gasteiger partial charge is 0.493 e. The molecular formula is C26H23Cl2NO4. The first-order chi connectivity index (χ1) is 16.0. The van der Waals surface area contributed by atoms with Gasteiger partial charge in [0.05, 0.1) is 37.5 Å². The van der Waals surface area contributed by atoms with Gasteiger partial charge in [-0.05, 0) is 72.2 Å². The second kappa shape index (κ2) is 11.5. The van der Waals surface area contributed by atoms with Gasteiger partial charge in [-0.2, -0.15) is 5.26 Å². The van der Waals surface area contributed by atoms with E-state index in [9.17, 15) is 5.26 Å². The molecule has 7 heteroatoms. The molecule has 0 fully saturated rings. The van der Waals surface area contributed by atoms with Crippen LogP contribution in [0.4, 0.5) is 0 Å². The van der Waals surface area contributed by atoms with Crippen LogP contribution in [-0.4, -0.2) is 20.8 Å². The van der Waals surface area contributed by atoms with Crippen molar-refractivity contribution in [3.05, 3.63) is 81.3 Å². The molecule has 33 heavy (non-hydrogen) atoms. The van der Waals surface area contributed by atoms with E-state index in [1.54, 1.807) is 62.8 Å². The molecule has 0 aliphatic rings. The van der Waals surface area contributed by atoms with Gasteiger partial charge in [-0.15, -0.1) is 0 Å². The van der Waals surface area contributed by atoms with Gasteiger partial charge < -0.3 is 18.9 Å². The Kier molecular flexibility index (Phi) is 8.48. The van der Waals surface area contributed by atoms with Gasteiger partial charge in [0, 0.05) is 5.02 Å². The second-order valence-corrected chi connectivity index (χ2v) is 7.76. The number of allylic oxidation sites excluding steroid dienone is 1. The first-order valence-electron chi connectivity index (χ1n) is 10.2. The molecule has 0 saturated heterocycles. The van der Waals surface area contributed by atoms with Crippen molar-refractivity contribution in [1.82, 2.24) is 0 Å². The van der Waals surface area contributed by atoms with Gasteiger partial charge in [-0.3, -0.25) is 0 Å². The zero-order chi connectivity index (χ0) is 23.8. The van der Waals surface area contributed by atoms with E-state index in [2.05, 4.69) is 6.07 Å². The zero-order valence-electron chi connectivity index (χ0n) is 18.5. The summed E-state index contributed by atoms with van der Waals surface area (Å²) < 4.78 is 22.4. The monoisotopic (exact) mass is 483 g/mol. The summed E-state index contributed by atoms with van der Waals surface area (Å²) in [5.41, 5.74) is 2.77. The average molecular weight is 484 g/mol. The number of nitriles is 1. The lowest BCUT2D eigenvalue weighted by Crippen LogP contribution is -2.01. The lowest BCUT2D eigenvalue weighted by atomic mass is 10.0. The number of benzene rings is 3. The summed E-state index contributed by atoms with van der Waals surface area (Å²) in [6.45, 7) is 2.62. The molecule has 170 valence electrons. The van der Waals surface area contributed by atoms with E-state index in [0.29, 0.717) is 63.0 Å². The molecule has 0 atom stereocenters. The minimum Gasteiger partial charge on any atom is -0.493 e. The number of hydrogen-bond acceptors (Lipinski definition) is 5. The smallest absolute Gasteiger partial charge is 0.180 e. The van der Waals surface area contributed by atoms with Crippen molar-refractivity contribution in [3.8, 4) is 29.1 Å². The highest BCUT2D eigenvalue weighted by Crippen LogP contribution is 2.38. The number of methoxy groups -OCH3 is 2. The minimum absolute atomic E-state index is 0.307. The normalized spacial score (nSPS) is 11.0. The van der Waals surface area contributed by atoms with Crippen LogP contribution in [0.1, 0.15) is 23.6 Å². The van der Waals surface area contributed by atoms with E-state index in [1.807, 2.05) is 19.1 Å². The summed E-state index contributed by atoms with van der Waals surface area (Å²) in [5, 5.41) is 10.8. The van der Waals surface area contributed by atoms with E-state index < -0.39 is 0 Å². The fraction of sp³-hybridized carbons (Fsp3) is 0.192. The van der Waals surface area contributed by atoms with E-state index >= 15 is 0 Å². The van der Waals surface area contributed by atoms with Crippen LogP contribution in [-0.2, 0) is 6.61 Å². The third-order valence-corrected chi connectivity index (χ3v) is 5.29. The first-order valence-corrected chi connectivity index (χ1v) is 10.9. The van der Waals surface area contributed by atoms with Gasteiger partial charge in [0.15, 0.2) is 23.0 Å². The fourth-order valence-corrected chi connectivity index (χ4v) is 3.56. The average Bonchev–Trinajstić information content (AvgIpc) is 2.82. The highest BCUT2D eigenvalue weighted by atomic mass is 35.5. The van der Waals surface area contributed by atoms with Gasteiger partial charge in [0.25, 0.3) is 0 Å².